The first kappa shape index (κ1) is 21.5. The molecule has 0 unspecified atom stereocenters. The molecule has 2 aliphatic rings. The molecule has 168 valence electrons. The highest BCUT2D eigenvalue weighted by Crippen LogP contribution is 2.37. The zero-order chi connectivity index (χ0) is 22.0. The number of H-pyrrole nitrogens is 2. The summed E-state index contributed by atoms with van der Waals surface area (Å²) in [6, 6.07) is 17.8. The van der Waals surface area contributed by atoms with Crippen molar-refractivity contribution in [1.82, 2.24) is 0 Å². The number of nitrogens with one attached hydrogen (secondary N) is 2. The SMILES string of the molecule is c1ccc2c(SCCCSc3c4c([nH+]c5ccccc35)CCCC4)c3c([nH+]c2c1)CCCC3. The van der Waals surface area contributed by atoms with E-state index in [0.29, 0.717) is 0 Å². The number of hydrogen-bond acceptors (Lipinski definition) is 2. The minimum atomic E-state index is 1.19. The van der Waals surface area contributed by atoms with Gasteiger partial charge in [-0.1, -0.05) is 24.3 Å². The number of benzene rings is 2. The lowest BCUT2D eigenvalue weighted by molar-refractivity contribution is -0.360. The standard InChI is InChI=1S/C29H30N2S2/c1-5-14-24-20(10-1)28(21-11-2-6-15-25(21)30-24)32-18-9-19-33-29-22-12-3-7-16-26(22)31-27-17-8-4-13-23(27)29/h1,3,5,7,10,12,14,16H,2,4,6,8-9,11,13,15,17-19H2/p+2. The highest BCUT2D eigenvalue weighted by atomic mass is 32.2. The Labute approximate surface area is 205 Å². The van der Waals surface area contributed by atoms with Crippen LogP contribution in [0.2, 0.25) is 0 Å². The predicted molar refractivity (Wildman–Crippen MR) is 140 cm³/mol. The second-order valence-electron chi connectivity index (χ2n) is 9.38. The molecule has 2 aliphatic carbocycles. The third-order valence-electron chi connectivity index (χ3n) is 7.18. The second kappa shape index (κ2) is 9.68. The molecule has 2 heterocycles. The molecule has 33 heavy (non-hydrogen) atoms. The second-order valence-corrected chi connectivity index (χ2v) is 11.6. The van der Waals surface area contributed by atoms with Crippen LogP contribution in [0.1, 0.15) is 54.6 Å². The lowest BCUT2D eigenvalue weighted by Crippen LogP contribution is -2.20. The third-order valence-corrected chi connectivity index (χ3v) is 9.68. The van der Waals surface area contributed by atoms with E-state index in [4.69, 9.17) is 0 Å². The summed E-state index contributed by atoms with van der Waals surface area (Å²) in [4.78, 5) is 10.6. The van der Waals surface area contributed by atoms with Gasteiger partial charge in [0.1, 0.15) is 0 Å². The van der Waals surface area contributed by atoms with E-state index in [2.05, 4.69) is 82.0 Å². The van der Waals surface area contributed by atoms with Gasteiger partial charge in [0.05, 0.1) is 10.8 Å². The molecule has 0 spiro atoms. The van der Waals surface area contributed by atoms with Gasteiger partial charge in [-0.2, -0.15) is 0 Å². The van der Waals surface area contributed by atoms with Crippen LogP contribution in [-0.4, -0.2) is 11.5 Å². The van der Waals surface area contributed by atoms with E-state index >= 15 is 0 Å². The normalized spacial score (nSPS) is 15.5. The first-order chi connectivity index (χ1) is 16.4. The minimum Gasteiger partial charge on any atom is -0.208 e. The van der Waals surface area contributed by atoms with Gasteiger partial charge in [0.2, 0.25) is 11.0 Å². The monoisotopic (exact) mass is 472 g/mol. The van der Waals surface area contributed by atoms with Gasteiger partial charge in [-0.3, -0.25) is 0 Å². The van der Waals surface area contributed by atoms with Crippen LogP contribution >= 0.6 is 23.5 Å². The van der Waals surface area contributed by atoms with Gasteiger partial charge in [-0.25, -0.2) is 9.97 Å². The maximum Gasteiger partial charge on any atom is 0.212 e. The molecule has 2 N–H and O–H groups in total. The van der Waals surface area contributed by atoms with Gasteiger partial charge < -0.3 is 0 Å². The van der Waals surface area contributed by atoms with Crippen LogP contribution in [0.5, 0.6) is 0 Å². The van der Waals surface area contributed by atoms with E-state index in [1.54, 1.807) is 20.9 Å². The van der Waals surface area contributed by atoms with Crippen molar-refractivity contribution < 1.29 is 9.97 Å². The van der Waals surface area contributed by atoms with Crippen LogP contribution in [0.4, 0.5) is 0 Å². The lowest BCUT2D eigenvalue weighted by atomic mass is 9.94. The van der Waals surface area contributed by atoms with Crippen molar-refractivity contribution in [3.63, 3.8) is 0 Å². The van der Waals surface area contributed by atoms with E-state index in [1.807, 2.05) is 0 Å². The molecule has 2 nitrogen and oxygen atoms in total. The quantitative estimate of drug-likeness (QED) is 0.232. The zero-order valence-corrected chi connectivity index (χ0v) is 20.8. The molecule has 0 saturated heterocycles. The number of thioether (sulfide) groups is 2. The summed E-state index contributed by atoms with van der Waals surface area (Å²) in [6.45, 7) is 0. The summed E-state index contributed by atoms with van der Waals surface area (Å²) >= 11 is 4.19. The third kappa shape index (κ3) is 4.28. The summed E-state index contributed by atoms with van der Waals surface area (Å²) in [6.07, 6.45) is 11.4. The molecular weight excluding hydrogens is 440 g/mol. The van der Waals surface area contributed by atoms with E-state index in [-0.39, 0.29) is 0 Å². The van der Waals surface area contributed by atoms with Crippen molar-refractivity contribution in [3.05, 3.63) is 71.0 Å². The number of fused-ring (bicyclic) bond motifs is 4. The van der Waals surface area contributed by atoms with E-state index in [1.165, 1.54) is 102 Å². The van der Waals surface area contributed by atoms with E-state index < -0.39 is 0 Å². The molecule has 0 fully saturated rings. The molecule has 4 aromatic rings. The molecular formula is C29H32N2S2+2. The first-order valence-electron chi connectivity index (χ1n) is 12.6. The smallest absolute Gasteiger partial charge is 0.208 e. The van der Waals surface area contributed by atoms with Gasteiger partial charge >= 0.3 is 0 Å². The highest BCUT2D eigenvalue weighted by molar-refractivity contribution is 8.00. The Balaban J connectivity index is 1.19. The largest absolute Gasteiger partial charge is 0.212 e. The first-order valence-corrected chi connectivity index (χ1v) is 14.5. The molecule has 2 aromatic carbocycles. The van der Waals surface area contributed by atoms with E-state index in [0.717, 1.165) is 0 Å². The van der Waals surface area contributed by atoms with Gasteiger partial charge in [-0.05, 0) is 68.6 Å². The van der Waals surface area contributed by atoms with Crippen molar-refractivity contribution >= 4 is 45.3 Å². The molecule has 0 bridgehead atoms. The summed E-state index contributed by atoms with van der Waals surface area (Å²) in [5.41, 5.74) is 8.75. The molecule has 0 radical (unpaired) electrons. The fraction of sp³-hybridized carbons (Fsp3) is 0.379. The van der Waals surface area contributed by atoms with Gasteiger partial charge in [-0.15, -0.1) is 23.5 Å². The number of hydrogen-bond donors (Lipinski definition) is 0. The molecule has 0 amide bonds. The maximum atomic E-state index is 3.74. The van der Waals surface area contributed by atoms with Crippen molar-refractivity contribution in [2.24, 2.45) is 0 Å². The molecule has 4 heteroatoms. The van der Waals surface area contributed by atoms with Crippen LogP contribution < -0.4 is 9.97 Å². The Morgan fingerprint density at radius 1 is 0.576 bits per heavy atom. The number of para-hydroxylation sites is 2. The van der Waals surface area contributed by atoms with Crippen LogP contribution in [-0.2, 0) is 25.7 Å². The molecule has 6 rings (SSSR count). The van der Waals surface area contributed by atoms with Gasteiger partial charge in [0.15, 0.2) is 11.4 Å². The zero-order valence-electron chi connectivity index (χ0n) is 19.2. The average Bonchev–Trinajstić information content (AvgIpc) is 2.87. The topological polar surface area (TPSA) is 28.3 Å². The lowest BCUT2D eigenvalue weighted by Gasteiger charge is -2.17. The number of pyridine rings is 2. The molecule has 0 saturated carbocycles. The summed E-state index contributed by atoms with van der Waals surface area (Å²) in [5.74, 6) is 2.37. The highest BCUT2D eigenvalue weighted by Gasteiger charge is 2.24. The van der Waals surface area contributed by atoms with Gasteiger partial charge in [0.25, 0.3) is 0 Å². The number of aryl methyl sites for hydroxylation is 2. The minimum absolute atomic E-state index is 1.19. The van der Waals surface area contributed by atoms with Crippen LogP contribution in [0.15, 0.2) is 58.3 Å². The Morgan fingerprint density at radius 3 is 1.55 bits per heavy atom. The molecule has 0 aliphatic heterocycles. The summed E-state index contributed by atoms with van der Waals surface area (Å²) in [5, 5.41) is 2.82. The van der Waals surface area contributed by atoms with Crippen molar-refractivity contribution in [3.8, 4) is 0 Å². The number of aromatic nitrogens is 2. The summed E-state index contributed by atoms with van der Waals surface area (Å²) < 4.78 is 0. The van der Waals surface area contributed by atoms with Crippen LogP contribution in [0.25, 0.3) is 21.8 Å². The Bertz CT molecular complexity index is 1210. The van der Waals surface area contributed by atoms with Crippen molar-refractivity contribution in [2.45, 2.75) is 67.6 Å². The number of aromatic amines is 2. The van der Waals surface area contributed by atoms with Crippen LogP contribution in [0.3, 0.4) is 0 Å². The van der Waals surface area contributed by atoms with Gasteiger partial charge in [0, 0.05) is 45.9 Å². The summed E-state index contributed by atoms with van der Waals surface area (Å²) in [7, 11) is 0. The predicted octanol–water partition coefficient (Wildman–Crippen LogP) is 6.65. The Kier molecular flexibility index (Phi) is 6.30. The molecule has 2 aromatic heterocycles. The van der Waals surface area contributed by atoms with Crippen molar-refractivity contribution in [1.29, 1.82) is 0 Å². The Morgan fingerprint density at radius 2 is 1.03 bits per heavy atom. The average molecular weight is 473 g/mol. The van der Waals surface area contributed by atoms with Crippen LogP contribution in [0, 0.1) is 0 Å². The Hall–Kier alpha value is -2.04. The fourth-order valence-electron chi connectivity index (χ4n) is 5.56. The maximum absolute atomic E-state index is 3.74. The number of rotatable bonds is 6. The molecule has 0 atom stereocenters. The van der Waals surface area contributed by atoms with E-state index in [9.17, 15) is 0 Å². The van der Waals surface area contributed by atoms with Crippen molar-refractivity contribution in [2.75, 3.05) is 11.5 Å². The fourth-order valence-corrected chi connectivity index (χ4v) is 8.19.